The first-order chi connectivity index (χ1) is 13.2. The van der Waals surface area contributed by atoms with Gasteiger partial charge in [-0.3, -0.25) is 9.78 Å². The summed E-state index contributed by atoms with van der Waals surface area (Å²) < 4.78 is 39.5. The molecule has 1 aromatic carbocycles. The van der Waals surface area contributed by atoms with Gasteiger partial charge in [0.25, 0.3) is 5.91 Å². The van der Waals surface area contributed by atoms with Crippen molar-refractivity contribution in [2.75, 3.05) is 26.0 Å². The molecule has 9 heteroatoms. The van der Waals surface area contributed by atoms with E-state index in [1.54, 1.807) is 25.2 Å². The van der Waals surface area contributed by atoms with Crippen LogP contribution < -0.4 is 5.32 Å². The summed E-state index contributed by atoms with van der Waals surface area (Å²) in [6.45, 7) is 0.701. The van der Waals surface area contributed by atoms with Gasteiger partial charge in [0, 0.05) is 39.6 Å². The number of hydrogen-bond donors (Lipinski definition) is 1. The molecule has 28 heavy (non-hydrogen) atoms. The number of rotatable bonds is 2. The number of amides is 3. The lowest BCUT2D eigenvalue weighted by Gasteiger charge is -2.31. The summed E-state index contributed by atoms with van der Waals surface area (Å²) in [5.41, 5.74) is 0.395. The number of fused-ring (bicyclic) bond motifs is 1. The number of aromatic nitrogens is 1. The maximum Gasteiger partial charge on any atom is 0.418 e. The summed E-state index contributed by atoms with van der Waals surface area (Å²) in [5, 5.41) is 2.35. The highest BCUT2D eigenvalue weighted by molar-refractivity contribution is 6.05. The summed E-state index contributed by atoms with van der Waals surface area (Å²) in [7, 11) is 3.30. The first-order valence-electron chi connectivity index (χ1n) is 8.58. The average Bonchev–Trinajstić information content (AvgIpc) is 2.65. The van der Waals surface area contributed by atoms with Gasteiger partial charge in [-0.25, -0.2) is 4.79 Å². The number of carbonyl (C=O) groups is 2. The van der Waals surface area contributed by atoms with Crippen molar-refractivity contribution >= 4 is 17.6 Å². The van der Waals surface area contributed by atoms with Gasteiger partial charge < -0.3 is 15.1 Å². The van der Waals surface area contributed by atoms with Gasteiger partial charge in [0.1, 0.15) is 0 Å². The molecular weight excluding hydrogens is 373 g/mol. The standard InChI is InChI=1S/C19H19F3N4O2/c1-25(2)18(28)26-8-7-13-12(11-26)9-23-10-14(13)17(27)24-16-6-4-3-5-15(16)19(20,21)22/h3-6,9-10H,7-8,11H2,1-2H3,(H,24,27). The zero-order valence-corrected chi connectivity index (χ0v) is 15.4. The van der Waals surface area contributed by atoms with E-state index in [2.05, 4.69) is 10.3 Å². The molecule has 0 unspecified atom stereocenters. The fourth-order valence-corrected chi connectivity index (χ4v) is 3.16. The molecule has 0 atom stereocenters. The summed E-state index contributed by atoms with van der Waals surface area (Å²) in [5.74, 6) is -0.659. The number of alkyl halides is 3. The molecule has 3 amide bonds. The smallest absolute Gasteiger partial charge is 0.331 e. The highest BCUT2D eigenvalue weighted by atomic mass is 19.4. The monoisotopic (exact) mass is 392 g/mol. The SMILES string of the molecule is CN(C)C(=O)N1CCc2c(cncc2C(=O)Nc2ccccc2C(F)(F)F)C1. The van der Waals surface area contributed by atoms with Gasteiger partial charge in [0.05, 0.1) is 16.8 Å². The minimum Gasteiger partial charge on any atom is -0.331 e. The zero-order chi connectivity index (χ0) is 20.5. The molecule has 2 heterocycles. The molecule has 148 valence electrons. The van der Waals surface area contributed by atoms with Crippen LogP contribution in [-0.2, 0) is 19.1 Å². The molecule has 1 N–H and O–H groups in total. The van der Waals surface area contributed by atoms with E-state index < -0.39 is 17.6 Å². The minimum atomic E-state index is -4.58. The Morgan fingerprint density at radius 1 is 1.18 bits per heavy atom. The fraction of sp³-hybridized carbons (Fsp3) is 0.316. The van der Waals surface area contributed by atoms with Crippen LogP contribution in [0.2, 0.25) is 0 Å². The first kappa shape index (κ1) is 19.7. The Morgan fingerprint density at radius 3 is 2.57 bits per heavy atom. The van der Waals surface area contributed by atoms with Crippen molar-refractivity contribution in [2.24, 2.45) is 0 Å². The Morgan fingerprint density at radius 2 is 1.89 bits per heavy atom. The summed E-state index contributed by atoms with van der Waals surface area (Å²) in [4.78, 5) is 32.0. The van der Waals surface area contributed by atoms with Crippen LogP contribution in [0.5, 0.6) is 0 Å². The van der Waals surface area contributed by atoms with Gasteiger partial charge >= 0.3 is 12.2 Å². The number of nitrogens with one attached hydrogen (secondary N) is 1. The normalized spacial score (nSPS) is 13.7. The van der Waals surface area contributed by atoms with Crippen LogP contribution in [0.3, 0.4) is 0 Å². The van der Waals surface area contributed by atoms with Gasteiger partial charge in [0.2, 0.25) is 0 Å². The van der Waals surface area contributed by atoms with Crippen LogP contribution in [-0.4, -0.2) is 47.4 Å². The van der Waals surface area contributed by atoms with Gasteiger partial charge in [-0.05, 0) is 29.7 Å². The van der Waals surface area contributed by atoms with Crippen LogP contribution >= 0.6 is 0 Å². The number of benzene rings is 1. The molecule has 0 radical (unpaired) electrons. The van der Waals surface area contributed by atoms with E-state index in [0.717, 1.165) is 6.07 Å². The van der Waals surface area contributed by atoms with Crippen molar-refractivity contribution in [1.29, 1.82) is 0 Å². The molecule has 0 fully saturated rings. The maximum atomic E-state index is 13.2. The Bertz CT molecular complexity index is 912. The van der Waals surface area contributed by atoms with Gasteiger partial charge in [-0.2, -0.15) is 13.2 Å². The van der Waals surface area contributed by atoms with Crippen LogP contribution in [0.15, 0.2) is 36.7 Å². The molecule has 2 aromatic rings. The lowest BCUT2D eigenvalue weighted by Crippen LogP contribution is -2.42. The molecule has 3 rings (SSSR count). The predicted octanol–water partition coefficient (Wildman–Crippen LogP) is 3.39. The topological polar surface area (TPSA) is 65.5 Å². The Labute approximate surface area is 160 Å². The quantitative estimate of drug-likeness (QED) is 0.852. The molecule has 1 aliphatic rings. The maximum absolute atomic E-state index is 13.2. The lowest BCUT2D eigenvalue weighted by atomic mass is 9.96. The molecule has 0 spiro atoms. The van der Waals surface area contributed by atoms with E-state index in [-0.39, 0.29) is 17.3 Å². The Kier molecular flexibility index (Phi) is 5.26. The number of carbonyl (C=O) groups excluding carboxylic acids is 2. The number of para-hydroxylation sites is 1. The van der Waals surface area contributed by atoms with Crippen molar-refractivity contribution in [3.63, 3.8) is 0 Å². The second kappa shape index (κ2) is 7.49. The van der Waals surface area contributed by atoms with E-state index in [0.29, 0.717) is 30.6 Å². The number of hydrogen-bond acceptors (Lipinski definition) is 3. The molecule has 0 bridgehead atoms. The van der Waals surface area contributed by atoms with Crippen LogP contribution in [0, 0.1) is 0 Å². The number of nitrogens with zero attached hydrogens (tertiary/aromatic N) is 3. The molecule has 1 aromatic heterocycles. The third kappa shape index (κ3) is 3.92. The molecule has 0 aliphatic carbocycles. The van der Waals surface area contributed by atoms with Gasteiger partial charge in [-0.15, -0.1) is 0 Å². The van der Waals surface area contributed by atoms with Crippen LogP contribution in [0.4, 0.5) is 23.7 Å². The highest BCUT2D eigenvalue weighted by Gasteiger charge is 2.34. The Hall–Kier alpha value is -3.10. The molecule has 0 saturated carbocycles. The minimum absolute atomic E-state index is 0.153. The Balaban J connectivity index is 1.86. The lowest BCUT2D eigenvalue weighted by molar-refractivity contribution is -0.136. The summed E-state index contributed by atoms with van der Waals surface area (Å²) in [6.07, 6.45) is -1.24. The van der Waals surface area contributed by atoms with Gasteiger partial charge in [-0.1, -0.05) is 12.1 Å². The largest absolute Gasteiger partial charge is 0.418 e. The highest BCUT2D eigenvalue weighted by Crippen LogP contribution is 2.35. The van der Waals surface area contributed by atoms with Crippen molar-refractivity contribution < 1.29 is 22.8 Å². The van der Waals surface area contributed by atoms with E-state index >= 15 is 0 Å². The van der Waals surface area contributed by atoms with Crippen molar-refractivity contribution in [3.8, 4) is 0 Å². The van der Waals surface area contributed by atoms with E-state index in [4.69, 9.17) is 0 Å². The van der Waals surface area contributed by atoms with E-state index in [1.165, 1.54) is 29.3 Å². The third-order valence-corrected chi connectivity index (χ3v) is 4.52. The third-order valence-electron chi connectivity index (χ3n) is 4.52. The molecular formula is C19H19F3N4O2. The number of halogens is 3. The van der Waals surface area contributed by atoms with E-state index in [9.17, 15) is 22.8 Å². The number of anilines is 1. The van der Waals surface area contributed by atoms with E-state index in [1.807, 2.05) is 0 Å². The van der Waals surface area contributed by atoms with Gasteiger partial charge in [0.15, 0.2) is 0 Å². The molecule has 6 nitrogen and oxygen atoms in total. The average molecular weight is 392 g/mol. The van der Waals surface area contributed by atoms with Crippen LogP contribution in [0.1, 0.15) is 27.0 Å². The predicted molar refractivity (Wildman–Crippen MR) is 96.8 cm³/mol. The second-order valence-electron chi connectivity index (χ2n) is 6.67. The summed E-state index contributed by atoms with van der Waals surface area (Å²) >= 11 is 0. The second-order valence-corrected chi connectivity index (χ2v) is 6.67. The first-order valence-corrected chi connectivity index (χ1v) is 8.58. The zero-order valence-electron chi connectivity index (χ0n) is 15.4. The van der Waals surface area contributed by atoms with Crippen molar-refractivity contribution in [2.45, 2.75) is 19.1 Å². The fourth-order valence-electron chi connectivity index (χ4n) is 3.16. The summed E-state index contributed by atoms with van der Waals surface area (Å²) in [6, 6.07) is 4.66. The number of pyridine rings is 1. The molecule has 1 aliphatic heterocycles. The molecule has 0 saturated heterocycles. The van der Waals surface area contributed by atoms with Crippen molar-refractivity contribution in [1.82, 2.24) is 14.8 Å². The van der Waals surface area contributed by atoms with Crippen molar-refractivity contribution in [3.05, 3.63) is 58.9 Å². The van der Waals surface area contributed by atoms with Crippen LogP contribution in [0.25, 0.3) is 0 Å². The number of urea groups is 1.